The molecule has 1 heterocycles. The molecule has 2 rings (SSSR count). The SMILES string of the molecule is CC(C)OC(=O)[C@H](CCC(=O)C=[N+]=[N-])NC(=O)C(C)(O)Cc1c[nH]c2ccccc12. The van der Waals surface area contributed by atoms with E-state index in [1.807, 2.05) is 24.3 Å². The van der Waals surface area contributed by atoms with Crippen LogP contribution in [0.5, 0.6) is 0 Å². The zero-order valence-electron chi connectivity index (χ0n) is 17.2. The van der Waals surface area contributed by atoms with Crippen molar-refractivity contribution < 1.29 is 29.0 Å². The Bertz CT molecular complexity index is 973. The van der Waals surface area contributed by atoms with Crippen molar-refractivity contribution in [1.29, 1.82) is 0 Å². The summed E-state index contributed by atoms with van der Waals surface area (Å²) in [6.45, 7) is 4.68. The third-order valence-corrected chi connectivity index (χ3v) is 4.52. The van der Waals surface area contributed by atoms with E-state index < -0.39 is 35.4 Å². The van der Waals surface area contributed by atoms with Gasteiger partial charge < -0.3 is 25.7 Å². The Morgan fingerprint density at radius 1 is 1.33 bits per heavy atom. The number of hydrogen-bond acceptors (Lipinski definition) is 5. The average Bonchev–Trinajstić information content (AvgIpc) is 3.07. The Morgan fingerprint density at radius 3 is 2.70 bits per heavy atom. The van der Waals surface area contributed by atoms with E-state index in [1.54, 1.807) is 20.0 Å². The third-order valence-electron chi connectivity index (χ3n) is 4.52. The number of fused-ring (bicyclic) bond motifs is 1. The number of ether oxygens (including phenoxy) is 1. The second kappa shape index (κ2) is 9.96. The van der Waals surface area contributed by atoms with Crippen LogP contribution in [0.25, 0.3) is 16.4 Å². The molecule has 1 aromatic heterocycles. The maximum absolute atomic E-state index is 12.8. The van der Waals surface area contributed by atoms with Gasteiger partial charge in [0.15, 0.2) is 0 Å². The zero-order chi connectivity index (χ0) is 22.3. The Kier molecular flexibility index (Phi) is 7.63. The van der Waals surface area contributed by atoms with Crippen molar-refractivity contribution in [3.8, 4) is 0 Å². The number of aliphatic hydroxyl groups is 1. The van der Waals surface area contributed by atoms with Gasteiger partial charge in [-0.15, -0.1) is 0 Å². The molecule has 2 aromatic rings. The molecule has 1 unspecified atom stereocenters. The van der Waals surface area contributed by atoms with Crippen molar-refractivity contribution in [1.82, 2.24) is 10.3 Å². The largest absolute Gasteiger partial charge is 0.461 e. The number of amides is 1. The molecule has 0 spiro atoms. The number of aromatic nitrogens is 1. The molecule has 0 aliphatic rings. The number of hydrogen-bond donors (Lipinski definition) is 3. The van der Waals surface area contributed by atoms with Crippen LogP contribution in [0.1, 0.15) is 39.2 Å². The predicted molar refractivity (Wildman–Crippen MR) is 110 cm³/mol. The lowest BCUT2D eigenvalue weighted by Crippen LogP contribution is -2.52. The number of carbonyl (C=O) groups excluding carboxylic acids is 3. The lowest BCUT2D eigenvalue weighted by Gasteiger charge is -2.26. The van der Waals surface area contributed by atoms with Gasteiger partial charge >= 0.3 is 12.2 Å². The highest BCUT2D eigenvalue weighted by Gasteiger charge is 2.35. The summed E-state index contributed by atoms with van der Waals surface area (Å²) >= 11 is 0. The Balaban J connectivity index is 2.13. The van der Waals surface area contributed by atoms with Gasteiger partial charge in [-0.1, -0.05) is 18.2 Å². The molecule has 9 nitrogen and oxygen atoms in total. The van der Waals surface area contributed by atoms with E-state index in [2.05, 4.69) is 15.1 Å². The molecule has 0 saturated heterocycles. The van der Waals surface area contributed by atoms with Gasteiger partial charge in [0.2, 0.25) is 5.78 Å². The van der Waals surface area contributed by atoms with Crippen LogP contribution in [-0.4, -0.2) is 56.5 Å². The van der Waals surface area contributed by atoms with E-state index in [9.17, 15) is 19.5 Å². The van der Waals surface area contributed by atoms with Gasteiger partial charge in [-0.05, 0) is 38.8 Å². The number of esters is 1. The molecule has 0 bridgehead atoms. The number of Topliss-reactive ketones (excluding diaryl/α,β-unsaturated/α-hetero) is 1. The standard InChI is InChI=1S/C21H26N4O5/c1-13(2)30-19(27)18(9-8-15(26)12-24-22)25-20(28)21(3,29)10-14-11-23-17-7-5-4-6-16(14)17/h4-7,11-13,18,23,29H,8-10H2,1-3H3,(H,25,28)/t18-,21?/m0/s1. The van der Waals surface area contributed by atoms with Crippen LogP contribution >= 0.6 is 0 Å². The van der Waals surface area contributed by atoms with E-state index in [-0.39, 0.29) is 19.3 Å². The van der Waals surface area contributed by atoms with Crippen molar-refractivity contribution in [2.75, 3.05) is 0 Å². The van der Waals surface area contributed by atoms with Crippen LogP contribution in [0.3, 0.4) is 0 Å². The van der Waals surface area contributed by atoms with Gasteiger partial charge in [0, 0.05) is 29.9 Å². The first-order valence-electron chi connectivity index (χ1n) is 9.63. The zero-order valence-corrected chi connectivity index (χ0v) is 17.2. The average molecular weight is 414 g/mol. The maximum atomic E-state index is 12.8. The summed E-state index contributed by atoms with van der Waals surface area (Å²) in [5.41, 5.74) is 8.26. The minimum atomic E-state index is -1.81. The number of nitrogens with one attached hydrogen (secondary N) is 2. The van der Waals surface area contributed by atoms with E-state index in [0.717, 1.165) is 22.7 Å². The molecule has 160 valence electrons. The number of para-hydroxylation sites is 1. The first-order valence-corrected chi connectivity index (χ1v) is 9.63. The molecule has 0 fully saturated rings. The molecule has 3 N–H and O–H groups in total. The molecule has 1 amide bonds. The lowest BCUT2D eigenvalue weighted by molar-refractivity contribution is -0.154. The van der Waals surface area contributed by atoms with Gasteiger partial charge in [-0.25, -0.2) is 4.79 Å². The van der Waals surface area contributed by atoms with Gasteiger partial charge in [0.05, 0.1) is 6.10 Å². The highest BCUT2D eigenvalue weighted by molar-refractivity contribution is 6.25. The molecule has 0 saturated carbocycles. The fourth-order valence-corrected chi connectivity index (χ4v) is 3.02. The topological polar surface area (TPSA) is 145 Å². The molecule has 0 aliphatic carbocycles. The molecule has 9 heteroatoms. The summed E-state index contributed by atoms with van der Waals surface area (Å²) < 4.78 is 5.15. The second-order valence-electron chi connectivity index (χ2n) is 7.57. The Hall–Kier alpha value is -3.29. The fraction of sp³-hybridized carbons (Fsp3) is 0.429. The molecule has 0 aliphatic heterocycles. The van der Waals surface area contributed by atoms with Crippen molar-refractivity contribution in [2.45, 2.75) is 57.8 Å². The molecule has 1 aromatic carbocycles. The number of H-pyrrole nitrogens is 1. The third kappa shape index (κ3) is 6.10. The number of ketones is 1. The van der Waals surface area contributed by atoms with Crippen molar-refractivity contribution in [3.05, 3.63) is 41.6 Å². The van der Waals surface area contributed by atoms with E-state index >= 15 is 0 Å². The second-order valence-corrected chi connectivity index (χ2v) is 7.57. The highest BCUT2D eigenvalue weighted by atomic mass is 16.5. The summed E-state index contributed by atoms with van der Waals surface area (Å²) in [4.78, 5) is 42.5. The van der Waals surface area contributed by atoms with E-state index in [1.165, 1.54) is 6.92 Å². The van der Waals surface area contributed by atoms with Crippen LogP contribution in [0.4, 0.5) is 0 Å². The van der Waals surface area contributed by atoms with Gasteiger partial charge in [0.25, 0.3) is 5.91 Å². The minimum absolute atomic E-state index is 0.0187. The monoisotopic (exact) mass is 414 g/mol. The summed E-state index contributed by atoms with van der Waals surface area (Å²) in [6.07, 6.45) is 1.84. The summed E-state index contributed by atoms with van der Waals surface area (Å²) in [7, 11) is 0. The van der Waals surface area contributed by atoms with Crippen LogP contribution in [0.2, 0.25) is 0 Å². The minimum Gasteiger partial charge on any atom is -0.461 e. The van der Waals surface area contributed by atoms with Crippen molar-refractivity contribution in [3.63, 3.8) is 0 Å². The van der Waals surface area contributed by atoms with Crippen LogP contribution in [0, 0.1) is 0 Å². The number of benzene rings is 1. The fourth-order valence-electron chi connectivity index (χ4n) is 3.02. The molecule has 2 atom stereocenters. The molecular formula is C21H26N4O5. The lowest BCUT2D eigenvalue weighted by atomic mass is 9.94. The Labute approximate surface area is 174 Å². The molecule has 30 heavy (non-hydrogen) atoms. The highest BCUT2D eigenvalue weighted by Crippen LogP contribution is 2.23. The van der Waals surface area contributed by atoms with Gasteiger partial charge in [0.1, 0.15) is 11.6 Å². The van der Waals surface area contributed by atoms with Crippen LogP contribution < -0.4 is 5.32 Å². The number of aromatic amines is 1. The normalized spacial score (nSPS) is 13.9. The van der Waals surface area contributed by atoms with Crippen molar-refractivity contribution >= 4 is 34.8 Å². The van der Waals surface area contributed by atoms with Gasteiger partial charge in [-0.3, -0.25) is 9.59 Å². The van der Waals surface area contributed by atoms with E-state index in [4.69, 9.17) is 10.3 Å². The molecular weight excluding hydrogens is 388 g/mol. The summed E-state index contributed by atoms with van der Waals surface area (Å²) in [6, 6.07) is 6.37. The summed E-state index contributed by atoms with van der Waals surface area (Å²) in [5, 5.41) is 14.2. The predicted octanol–water partition coefficient (Wildman–Crippen LogP) is 1.55. The quantitative estimate of drug-likeness (QED) is 0.234. The first-order chi connectivity index (χ1) is 14.1. The number of rotatable bonds is 10. The van der Waals surface area contributed by atoms with Crippen molar-refractivity contribution in [2.24, 2.45) is 0 Å². The number of carbonyl (C=O) groups is 3. The molecule has 0 radical (unpaired) electrons. The first kappa shape index (κ1) is 23.0. The van der Waals surface area contributed by atoms with Crippen LogP contribution in [0.15, 0.2) is 30.5 Å². The summed E-state index contributed by atoms with van der Waals surface area (Å²) in [5.74, 6) is -1.99. The van der Waals surface area contributed by atoms with Crippen LogP contribution in [-0.2, 0) is 25.5 Å². The maximum Gasteiger partial charge on any atom is 0.328 e. The number of nitrogens with zero attached hydrogens (tertiary/aromatic N) is 2. The Morgan fingerprint density at radius 2 is 2.03 bits per heavy atom. The van der Waals surface area contributed by atoms with E-state index in [0.29, 0.717) is 0 Å². The van der Waals surface area contributed by atoms with Gasteiger partial charge in [-0.2, -0.15) is 4.79 Å². The smallest absolute Gasteiger partial charge is 0.328 e.